The third-order valence-electron chi connectivity index (χ3n) is 2.79. The molecule has 0 atom stereocenters. The first kappa shape index (κ1) is 17.2. The Balaban J connectivity index is 3.11. The predicted molar refractivity (Wildman–Crippen MR) is 74.4 cm³/mol. The van der Waals surface area contributed by atoms with Gasteiger partial charge < -0.3 is 9.84 Å². The van der Waals surface area contributed by atoms with Crippen LogP contribution in [0.2, 0.25) is 0 Å². The van der Waals surface area contributed by atoms with E-state index in [4.69, 9.17) is 9.84 Å². The molecule has 0 heterocycles. The first-order chi connectivity index (χ1) is 8.81. The number of rotatable bonds is 12. The Hall–Kier alpha value is -0.830. The molecule has 0 aliphatic heterocycles. The molecule has 0 unspecified atom stereocenters. The highest BCUT2D eigenvalue weighted by molar-refractivity contribution is 5.81. The van der Waals surface area contributed by atoms with Gasteiger partial charge in [-0.15, -0.1) is 0 Å². The van der Waals surface area contributed by atoms with E-state index in [1.54, 1.807) is 0 Å². The van der Waals surface area contributed by atoms with E-state index >= 15 is 0 Å². The predicted octanol–water partition coefficient (Wildman–Crippen LogP) is 3.61. The molecule has 18 heavy (non-hydrogen) atoms. The maximum Gasteiger partial charge on any atom is 0.330 e. The van der Waals surface area contributed by atoms with Crippen LogP contribution in [-0.4, -0.2) is 24.3 Å². The lowest BCUT2D eigenvalue weighted by Gasteiger charge is -2.02. The summed E-state index contributed by atoms with van der Waals surface area (Å²) >= 11 is 0. The van der Waals surface area contributed by atoms with Gasteiger partial charge in [0.2, 0.25) is 0 Å². The van der Waals surface area contributed by atoms with Crippen LogP contribution in [0.1, 0.15) is 64.7 Å². The largest absolute Gasteiger partial charge is 0.463 e. The van der Waals surface area contributed by atoms with E-state index in [1.807, 2.05) is 13.0 Å². The van der Waals surface area contributed by atoms with Crippen molar-refractivity contribution in [3.63, 3.8) is 0 Å². The Morgan fingerprint density at radius 3 is 2.11 bits per heavy atom. The van der Waals surface area contributed by atoms with Gasteiger partial charge in [0, 0.05) is 12.7 Å². The zero-order valence-electron chi connectivity index (χ0n) is 11.7. The smallest absolute Gasteiger partial charge is 0.330 e. The third kappa shape index (κ3) is 13.2. The molecule has 0 aromatic carbocycles. The molecule has 3 heteroatoms. The number of unbranched alkanes of at least 4 members (excludes halogenated alkanes) is 7. The van der Waals surface area contributed by atoms with Crippen molar-refractivity contribution in [3.8, 4) is 0 Å². The summed E-state index contributed by atoms with van der Waals surface area (Å²) in [6, 6.07) is 0. The van der Waals surface area contributed by atoms with Crippen LogP contribution >= 0.6 is 0 Å². The number of esters is 1. The van der Waals surface area contributed by atoms with Gasteiger partial charge in [-0.05, 0) is 19.3 Å². The van der Waals surface area contributed by atoms with E-state index < -0.39 is 0 Å². The van der Waals surface area contributed by atoms with Crippen LogP contribution in [0.15, 0.2) is 12.2 Å². The second-order valence-corrected chi connectivity index (χ2v) is 4.53. The normalized spacial score (nSPS) is 11.0. The molecular weight excluding hydrogens is 228 g/mol. The van der Waals surface area contributed by atoms with Crippen molar-refractivity contribution in [2.45, 2.75) is 64.7 Å². The molecule has 106 valence electrons. The molecule has 0 fully saturated rings. The zero-order chi connectivity index (χ0) is 13.5. The number of hydrogen-bond acceptors (Lipinski definition) is 3. The molecule has 0 spiro atoms. The fourth-order valence-electron chi connectivity index (χ4n) is 1.71. The van der Waals surface area contributed by atoms with E-state index in [2.05, 4.69) is 0 Å². The van der Waals surface area contributed by atoms with Gasteiger partial charge in [0.1, 0.15) is 0 Å². The summed E-state index contributed by atoms with van der Waals surface area (Å²) < 4.78 is 5.05. The van der Waals surface area contributed by atoms with E-state index in [1.165, 1.54) is 31.8 Å². The van der Waals surface area contributed by atoms with Crippen molar-refractivity contribution >= 4 is 5.97 Å². The summed E-state index contributed by atoms with van der Waals surface area (Å²) in [6.07, 6.45) is 13.3. The number of carbonyl (C=O) groups excluding carboxylic acids is 1. The third-order valence-corrected chi connectivity index (χ3v) is 2.79. The Morgan fingerprint density at radius 2 is 1.56 bits per heavy atom. The molecule has 0 bridgehead atoms. The number of carbonyl (C=O) groups is 1. The first-order valence-corrected chi connectivity index (χ1v) is 7.25. The van der Waals surface area contributed by atoms with Crippen LogP contribution in [0.4, 0.5) is 0 Å². The standard InChI is InChI=1S/C15H28O3/c1-2-3-12-15(17)18-14-11-9-7-5-4-6-8-10-13-16/h3,12,16H,2,4-11,13-14H2,1H3. The number of hydrogen-bond donors (Lipinski definition) is 1. The van der Waals surface area contributed by atoms with Crippen molar-refractivity contribution < 1.29 is 14.6 Å². The molecule has 0 saturated heterocycles. The average molecular weight is 256 g/mol. The van der Waals surface area contributed by atoms with Crippen molar-refractivity contribution in [2.24, 2.45) is 0 Å². The van der Waals surface area contributed by atoms with Gasteiger partial charge in [-0.3, -0.25) is 0 Å². The topological polar surface area (TPSA) is 46.5 Å². The van der Waals surface area contributed by atoms with Crippen molar-refractivity contribution in [1.29, 1.82) is 0 Å². The van der Waals surface area contributed by atoms with Gasteiger partial charge in [-0.2, -0.15) is 0 Å². The molecule has 0 amide bonds. The number of allylic oxidation sites excluding steroid dienone is 1. The van der Waals surface area contributed by atoms with Gasteiger partial charge in [0.05, 0.1) is 6.61 Å². The SMILES string of the molecule is CCC=CC(=O)OCCCCCCCCCCO. The van der Waals surface area contributed by atoms with Gasteiger partial charge in [-0.1, -0.05) is 51.5 Å². The lowest BCUT2D eigenvalue weighted by molar-refractivity contribution is -0.137. The van der Waals surface area contributed by atoms with E-state index in [-0.39, 0.29) is 5.97 Å². The summed E-state index contributed by atoms with van der Waals surface area (Å²) in [7, 11) is 0. The van der Waals surface area contributed by atoms with Gasteiger partial charge >= 0.3 is 5.97 Å². The van der Waals surface area contributed by atoms with Crippen LogP contribution in [-0.2, 0) is 9.53 Å². The minimum atomic E-state index is -0.221. The van der Waals surface area contributed by atoms with Crippen LogP contribution in [0.3, 0.4) is 0 Å². The van der Waals surface area contributed by atoms with Gasteiger partial charge in [0.15, 0.2) is 0 Å². The quantitative estimate of drug-likeness (QED) is 0.329. The molecule has 0 aliphatic rings. The Bertz CT molecular complexity index is 212. The van der Waals surface area contributed by atoms with Crippen LogP contribution in [0.25, 0.3) is 0 Å². The highest BCUT2D eigenvalue weighted by Crippen LogP contribution is 2.08. The molecule has 3 nitrogen and oxygen atoms in total. The zero-order valence-corrected chi connectivity index (χ0v) is 11.7. The molecule has 0 rings (SSSR count). The summed E-state index contributed by atoms with van der Waals surface area (Å²) in [5, 5.41) is 8.62. The molecule has 0 saturated carbocycles. The van der Waals surface area contributed by atoms with E-state index in [9.17, 15) is 4.79 Å². The Morgan fingerprint density at radius 1 is 1.00 bits per heavy atom. The average Bonchev–Trinajstić information content (AvgIpc) is 2.38. The molecular formula is C15H28O3. The van der Waals surface area contributed by atoms with Gasteiger partial charge in [0.25, 0.3) is 0 Å². The minimum Gasteiger partial charge on any atom is -0.463 e. The van der Waals surface area contributed by atoms with Crippen LogP contribution in [0, 0.1) is 0 Å². The molecule has 0 aromatic heterocycles. The minimum absolute atomic E-state index is 0.221. The second-order valence-electron chi connectivity index (χ2n) is 4.53. The van der Waals surface area contributed by atoms with E-state index in [0.717, 1.165) is 32.1 Å². The summed E-state index contributed by atoms with van der Waals surface area (Å²) in [4.78, 5) is 11.1. The maximum absolute atomic E-state index is 11.1. The number of aliphatic hydroxyl groups excluding tert-OH is 1. The van der Waals surface area contributed by atoms with Crippen LogP contribution in [0.5, 0.6) is 0 Å². The molecule has 0 aliphatic carbocycles. The summed E-state index contributed by atoms with van der Waals surface area (Å²) in [6.45, 7) is 2.85. The number of ether oxygens (including phenoxy) is 1. The molecule has 0 radical (unpaired) electrons. The van der Waals surface area contributed by atoms with Crippen molar-refractivity contribution in [2.75, 3.05) is 13.2 Å². The summed E-state index contributed by atoms with van der Waals surface area (Å²) in [5.74, 6) is -0.221. The van der Waals surface area contributed by atoms with Gasteiger partial charge in [-0.25, -0.2) is 4.79 Å². The Labute approximate surface area is 111 Å². The highest BCUT2D eigenvalue weighted by Gasteiger charge is 1.96. The first-order valence-electron chi connectivity index (χ1n) is 7.25. The van der Waals surface area contributed by atoms with E-state index in [0.29, 0.717) is 13.2 Å². The lowest BCUT2D eigenvalue weighted by Crippen LogP contribution is -2.02. The van der Waals surface area contributed by atoms with Crippen molar-refractivity contribution in [3.05, 3.63) is 12.2 Å². The maximum atomic E-state index is 11.1. The molecule has 1 N–H and O–H groups in total. The highest BCUT2D eigenvalue weighted by atomic mass is 16.5. The number of aliphatic hydroxyl groups is 1. The molecule has 0 aromatic rings. The van der Waals surface area contributed by atoms with Crippen molar-refractivity contribution in [1.82, 2.24) is 0 Å². The fourth-order valence-corrected chi connectivity index (χ4v) is 1.71. The lowest BCUT2D eigenvalue weighted by atomic mass is 10.1. The monoisotopic (exact) mass is 256 g/mol. The summed E-state index contributed by atoms with van der Waals surface area (Å²) in [5.41, 5.74) is 0. The fraction of sp³-hybridized carbons (Fsp3) is 0.800. The van der Waals surface area contributed by atoms with Crippen LogP contribution < -0.4 is 0 Å². The Kier molecular flexibility index (Phi) is 13.6. The second kappa shape index (κ2) is 14.2.